The first-order chi connectivity index (χ1) is 11.8. The number of aryl methyl sites for hydroxylation is 2. The number of benzene rings is 2. The molecule has 0 heterocycles. The molecule has 2 rings (SSSR count). The van der Waals surface area contributed by atoms with Crippen LogP contribution in [0.2, 0.25) is 0 Å². The van der Waals surface area contributed by atoms with Gasteiger partial charge in [0.25, 0.3) is 0 Å². The molecule has 0 spiro atoms. The summed E-state index contributed by atoms with van der Waals surface area (Å²) in [6.45, 7) is 6.28. The first-order valence-corrected chi connectivity index (χ1v) is 9.63. The van der Waals surface area contributed by atoms with Crippen molar-refractivity contribution in [2.45, 2.75) is 32.2 Å². The highest BCUT2D eigenvalue weighted by Crippen LogP contribution is 2.11. The van der Waals surface area contributed by atoms with E-state index in [0.717, 1.165) is 16.7 Å². The molecule has 2 aromatic rings. The van der Waals surface area contributed by atoms with Crippen LogP contribution in [-0.4, -0.2) is 32.3 Å². The van der Waals surface area contributed by atoms with Gasteiger partial charge in [-0.1, -0.05) is 42.0 Å². The standard InChI is InChI=1S/C19H24N2O3S/c1-15-7-9-18(10-8-15)14-21(17(3)22)12-11-20-25(23,24)19-6-4-5-16(2)13-19/h4-10,13,20H,11-12,14H2,1-3H3. The molecular weight excluding hydrogens is 336 g/mol. The lowest BCUT2D eigenvalue weighted by atomic mass is 10.1. The van der Waals surface area contributed by atoms with E-state index in [-0.39, 0.29) is 17.3 Å². The summed E-state index contributed by atoms with van der Waals surface area (Å²) in [6, 6.07) is 14.7. The predicted octanol–water partition coefficient (Wildman–Crippen LogP) is 2.63. The van der Waals surface area contributed by atoms with Crippen molar-refractivity contribution in [2.75, 3.05) is 13.1 Å². The molecule has 0 unspecified atom stereocenters. The summed E-state index contributed by atoms with van der Waals surface area (Å²) >= 11 is 0. The van der Waals surface area contributed by atoms with Gasteiger partial charge in [-0.25, -0.2) is 13.1 Å². The number of carbonyl (C=O) groups excluding carboxylic acids is 1. The lowest BCUT2D eigenvalue weighted by molar-refractivity contribution is -0.129. The Labute approximate surface area is 149 Å². The number of amides is 1. The summed E-state index contributed by atoms with van der Waals surface area (Å²) in [5, 5.41) is 0. The summed E-state index contributed by atoms with van der Waals surface area (Å²) < 4.78 is 27.2. The van der Waals surface area contributed by atoms with Gasteiger partial charge < -0.3 is 4.90 Å². The molecule has 25 heavy (non-hydrogen) atoms. The normalized spacial score (nSPS) is 11.3. The van der Waals surface area contributed by atoms with Gasteiger partial charge in [0.05, 0.1) is 4.90 Å². The number of hydrogen-bond donors (Lipinski definition) is 1. The van der Waals surface area contributed by atoms with Crippen LogP contribution in [-0.2, 0) is 21.4 Å². The zero-order valence-electron chi connectivity index (χ0n) is 14.8. The van der Waals surface area contributed by atoms with Crippen LogP contribution in [0.5, 0.6) is 0 Å². The molecule has 6 heteroatoms. The Balaban J connectivity index is 1.97. The highest BCUT2D eigenvalue weighted by Gasteiger charge is 2.15. The number of sulfonamides is 1. The fourth-order valence-corrected chi connectivity index (χ4v) is 3.57. The number of rotatable bonds is 7. The van der Waals surface area contributed by atoms with Gasteiger partial charge in [0.2, 0.25) is 15.9 Å². The highest BCUT2D eigenvalue weighted by atomic mass is 32.2. The summed E-state index contributed by atoms with van der Waals surface area (Å²) in [5.74, 6) is -0.0877. The topological polar surface area (TPSA) is 66.5 Å². The van der Waals surface area contributed by atoms with Crippen molar-refractivity contribution in [2.24, 2.45) is 0 Å². The molecule has 0 fully saturated rings. The molecular formula is C19H24N2O3S. The second kappa shape index (κ2) is 8.27. The van der Waals surface area contributed by atoms with Crippen LogP contribution in [0.1, 0.15) is 23.6 Å². The molecule has 5 nitrogen and oxygen atoms in total. The van der Waals surface area contributed by atoms with Crippen molar-refractivity contribution in [1.82, 2.24) is 9.62 Å². The van der Waals surface area contributed by atoms with Gasteiger partial charge in [-0.2, -0.15) is 0 Å². The second-order valence-corrected chi connectivity index (χ2v) is 7.91. The molecule has 1 N–H and O–H groups in total. The molecule has 2 aromatic carbocycles. The smallest absolute Gasteiger partial charge is 0.240 e. The van der Waals surface area contributed by atoms with Crippen LogP contribution < -0.4 is 4.72 Å². The fraction of sp³-hybridized carbons (Fsp3) is 0.316. The van der Waals surface area contributed by atoms with Crippen LogP contribution in [0.4, 0.5) is 0 Å². The lowest BCUT2D eigenvalue weighted by Crippen LogP contribution is -2.37. The Bertz CT molecular complexity index is 830. The average Bonchev–Trinajstić information content (AvgIpc) is 2.55. The van der Waals surface area contributed by atoms with Crippen molar-refractivity contribution < 1.29 is 13.2 Å². The van der Waals surface area contributed by atoms with Gasteiger partial charge in [-0.15, -0.1) is 0 Å². The van der Waals surface area contributed by atoms with E-state index in [4.69, 9.17) is 0 Å². The van der Waals surface area contributed by atoms with E-state index in [1.54, 1.807) is 23.1 Å². The van der Waals surface area contributed by atoms with E-state index in [1.165, 1.54) is 6.92 Å². The van der Waals surface area contributed by atoms with Crippen LogP contribution in [0.3, 0.4) is 0 Å². The number of nitrogens with one attached hydrogen (secondary N) is 1. The van der Waals surface area contributed by atoms with Crippen LogP contribution >= 0.6 is 0 Å². The third-order valence-corrected chi connectivity index (χ3v) is 5.37. The third kappa shape index (κ3) is 5.69. The van der Waals surface area contributed by atoms with Crippen LogP contribution in [0, 0.1) is 13.8 Å². The van der Waals surface area contributed by atoms with Crippen molar-refractivity contribution in [3.63, 3.8) is 0 Å². The Morgan fingerprint density at radius 1 is 1.04 bits per heavy atom. The molecule has 0 aromatic heterocycles. The maximum absolute atomic E-state index is 12.3. The van der Waals surface area contributed by atoms with E-state index in [1.807, 2.05) is 44.2 Å². The van der Waals surface area contributed by atoms with Crippen molar-refractivity contribution in [3.8, 4) is 0 Å². The second-order valence-electron chi connectivity index (χ2n) is 6.14. The zero-order valence-corrected chi connectivity index (χ0v) is 15.6. The third-order valence-electron chi connectivity index (χ3n) is 3.91. The lowest BCUT2D eigenvalue weighted by Gasteiger charge is -2.21. The minimum atomic E-state index is -3.57. The van der Waals surface area contributed by atoms with Crippen LogP contribution in [0.25, 0.3) is 0 Å². The summed E-state index contributed by atoms with van der Waals surface area (Å²) in [5.41, 5.74) is 3.05. The highest BCUT2D eigenvalue weighted by molar-refractivity contribution is 7.89. The first kappa shape index (κ1) is 19.1. The summed E-state index contributed by atoms with van der Waals surface area (Å²) in [7, 11) is -3.57. The Kier molecular flexibility index (Phi) is 6.33. The Morgan fingerprint density at radius 3 is 2.32 bits per heavy atom. The van der Waals surface area contributed by atoms with Gasteiger partial charge in [0, 0.05) is 26.6 Å². The molecule has 0 saturated carbocycles. The predicted molar refractivity (Wildman–Crippen MR) is 98.6 cm³/mol. The Hall–Kier alpha value is -2.18. The molecule has 0 aliphatic rings. The van der Waals surface area contributed by atoms with Crippen molar-refractivity contribution >= 4 is 15.9 Å². The molecule has 134 valence electrons. The number of carbonyl (C=O) groups is 1. The SMILES string of the molecule is CC(=O)N(CCNS(=O)(=O)c1cccc(C)c1)Cc1ccc(C)cc1. The molecule has 0 saturated heterocycles. The van der Waals surface area contributed by atoms with Gasteiger partial charge in [-0.05, 0) is 37.1 Å². The van der Waals surface area contributed by atoms with E-state index in [0.29, 0.717) is 13.1 Å². The van der Waals surface area contributed by atoms with E-state index >= 15 is 0 Å². The summed E-state index contributed by atoms with van der Waals surface area (Å²) in [4.78, 5) is 13.7. The number of hydrogen-bond acceptors (Lipinski definition) is 3. The number of nitrogens with zero attached hydrogens (tertiary/aromatic N) is 1. The quantitative estimate of drug-likeness (QED) is 0.825. The minimum Gasteiger partial charge on any atom is -0.337 e. The maximum atomic E-state index is 12.3. The van der Waals surface area contributed by atoms with Crippen LogP contribution in [0.15, 0.2) is 53.4 Å². The van der Waals surface area contributed by atoms with Gasteiger partial charge in [0.1, 0.15) is 0 Å². The molecule has 1 amide bonds. The first-order valence-electron chi connectivity index (χ1n) is 8.15. The van der Waals surface area contributed by atoms with Gasteiger partial charge in [0.15, 0.2) is 0 Å². The van der Waals surface area contributed by atoms with Crippen molar-refractivity contribution in [1.29, 1.82) is 0 Å². The van der Waals surface area contributed by atoms with E-state index in [9.17, 15) is 13.2 Å². The summed E-state index contributed by atoms with van der Waals surface area (Å²) in [6.07, 6.45) is 0. The minimum absolute atomic E-state index is 0.0877. The van der Waals surface area contributed by atoms with Gasteiger partial charge >= 0.3 is 0 Å². The molecule has 0 bridgehead atoms. The van der Waals surface area contributed by atoms with Crippen molar-refractivity contribution in [3.05, 3.63) is 65.2 Å². The maximum Gasteiger partial charge on any atom is 0.240 e. The van der Waals surface area contributed by atoms with E-state index in [2.05, 4.69) is 4.72 Å². The molecule has 0 radical (unpaired) electrons. The molecule has 0 aliphatic heterocycles. The fourth-order valence-electron chi connectivity index (χ4n) is 2.44. The zero-order chi connectivity index (χ0) is 18.4. The largest absolute Gasteiger partial charge is 0.337 e. The molecule has 0 atom stereocenters. The van der Waals surface area contributed by atoms with Gasteiger partial charge in [-0.3, -0.25) is 4.79 Å². The Morgan fingerprint density at radius 2 is 1.72 bits per heavy atom. The average molecular weight is 360 g/mol. The molecule has 0 aliphatic carbocycles. The monoisotopic (exact) mass is 360 g/mol. The van der Waals surface area contributed by atoms with E-state index < -0.39 is 10.0 Å².